The molecule has 3 heterocycles. The summed E-state index contributed by atoms with van der Waals surface area (Å²) in [6.07, 6.45) is 5.84. The van der Waals surface area contributed by atoms with Crippen molar-refractivity contribution in [3.05, 3.63) is 88.7 Å². The van der Waals surface area contributed by atoms with Gasteiger partial charge in [0, 0.05) is 61.2 Å². The number of oxime groups is 1. The molecule has 62 heavy (non-hydrogen) atoms. The van der Waals surface area contributed by atoms with Gasteiger partial charge in [0.2, 0.25) is 0 Å². The number of esters is 1. The second-order valence-corrected chi connectivity index (χ2v) is 16.3. The second-order valence-electron chi connectivity index (χ2n) is 16.3. The van der Waals surface area contributed by atoms with Crippen molar-refractivity contribution in [2.24, 2.45) is 28.8 Å². The SMILES string of the molecule is CO[C@H]1/C=C/O[C@@]2(C)Oc3c(C)c(O)c4c(O)c(c(/C=N/OCCCc5ccccc5)c(O)c4c3C2=O)NC(=O)/C(C)=C\C=C\[C@H](C)[C@H](O)[C@@H](C)[C@@H](O)[C@@H](C)[C@H](OC(C)=O)[C@@H]1C. The van der Waals surface area contributed by atoms with Gasteiger partial charge in [-0.3, -0.25) is 14.4 Å². The number of fused-ring (bicyclic) bond motifs is 14. The van der Waals surface area contributed by atoms with Crippen LogP contribution in [0.2, 0.25) is 0 Å². The van der Waals surface area contributed by atoms with Crippen molar-refractivity contribution in [1.82, 2.24) is 0 Å². The smallest absolute Gasteiger partial charge is 0.312 e. The van der Waals surface area contributed by atoms with E-state index in [2.05, 4.69) is 10.5 Å². The lowest BCUT2D eigenvalue weighted by Crippen LogP contribution is -2.46. The fourth-order valence-corrected chi connectivity index (χ4v) is 8.00. The van der Waals surface area contributed by atoms with Crippen LogP contribution in [0.3, 0.4) is 0 Å². The molecule has 0 aliphatic carbocycles. The maximum atomic E-state index is 14.4. The standard InChI is InChI=1S/C47H58N2O13/c1-24-15-13-16-25(2)46(57)49-37-32(23-48-60-21-14-19-31-17-11-10-12-18-31)41(54)34-35(42(37)55)40(53)29(6)44-36(34)45(56)47(8,62-44)59-22-20-33(58-9)26(3)43(61-30(7)50)28(5)39(52)27(4)38(24)51/h10-13,15-18,20,22-24,26-28,33,38-39,43,51-55H,14,19,21H2,1-9H3,(H,49,57)/b15-13+,22-20+,25-16-,48-23+/t24-,26+,27+,28+,33-,38-,39+,43+,47-/m0/s1. The molecule has 9 atom stereocenters. The minimum atomic E-state index is -2.07. The molecule has 3 aromatic carbocycles. The largest absolute Gasteiger partial charge is 0.507 e. The molecule has 5 bridgehead atoms. The zero-order valence-corrected chi connectivity index (χ0v) is 36.5. The Kier molecular flexibility index (Phi) is 15.1. The highest BCUT2D eigenvalue weighted by Gasteiger charge is 2.50. The van der Waals surface area contributed by atoms with E-state index in [0.29, 0.717) is 12.8 Å². The number of ketones is 1. The molecule has 0 saturated carbocycles. The maximum absolute atomic E-state index is 14.4. The summed E-state index contributed by atoms with van der Waals surface area (Å²) in [5.74, 6) is -8.67. The zero-order valence-electron chi connectivity index (χ0n) is 36.5. The number of amides is 1. The lowest BCUT2D eigenvalue weighted by atomic mass is 9.78. The predicted octanol–water partition coefficient (Wildman–Crippen LogP) is 6.74. The van der Waals surface area contributed by atoms with E-state index in [1.54, 1.807) is 39.8 Å². The molecule has 0 saturated heterocycles. The Morgan fingerprint density at radius 2 is 1.63 bits per heavy atom. The van der Waals surface area contributed by atoms with E-state index in [9.17, 15) is 39.9 Å². The number of aliphatic hydroxyl groups is 2. The highest BCUT2D eigenvalue weighted by molar-refractivity contribution is 6.23. The quantitative estimate of drug-likeness (QED) is 0.0346. The normalized spacial score (nSPS) is 29.1. The van der Waals surface area contributed by atoms with Crippen LogP contribution in [0, 0.1) is 30.6 Å². The van der Waals surface area contributed by atoms with Crippen molar-refractivity contribution in [2.75, 3.05) is 19.0 Å². The van der Waals surface area contributed by atoms with Gasteiger partial charge in [-0.1, -0.05) is 81.4 Å². The van der Waals surface area contributed by atoms with Crippen LogP contribution in [0.5, 0.6) is 23.0 Å². The molecule has 0 spiro atoms. The van der Waals surface area contributed by atoms with E-state index >= 15 is 0 Å². The summed E-state index contributed by atoms with van der Waals surface area (Å²) in [5, 5.41) is 64.4. The van der Waals surface area contributed by atoms with Crippen LogP contribution >= 0.6 is 0 Å². The summed E-state index contributed by atoms with van der Waals surface area (Å²) in [5.41, 5.74) is 0.484. The molecule has 6 rings (SSSR count). The topological polar surface area (TPSA) is 223 Å². The number of phenolic OH excluding ortho intramolecular Hbond substituents is 3. The van der Waals surface area contributed by atoms with Crippen molar-refractivity contribution in [2.45, 2.75) is 98.4 Å². The van der Waals surface area contributed by atoms with Gasteiger partial charge >= 0.3 is 11.8 Å². The second kappa shape index (κ2) is 19.9. The van der Waals surface area contributed by atoms with Crippen LogP contribution in [-0.4, -0.2) is 93.3 Å². The third-order valence-electron chi connectivity index (χ3n) is 11.8. The molecule has 3 aliphatic heterocycles. The number of aryl methyl sites for hydroxylation is 1. The first kappa shape index (κ1) is 47.2. The first-order valence-electron chi connectivity index (χ1n) is 20.6. The molecule has 1 amide bonds. The zero-order chi connectivity index (χ0) is 45.6. The summed E-state index contributed by atoms with van der Waals surface area (Å²) in [6, 6.07) is 9.77. The lowest BCUT2D eigenvalue weighted by Gasteiger charge is -2.38. The van der Waals surface area contributed by atoms with Crippen LogP contribution in [0.25, 0.3) is 10.8 Å². The molecule has 0 radical (unpaired) electrons. The van der Waals surface area contributed by atoms with Crippen molar-refractivity contribution >= 4 is 40.3 Å². The Labute approximate surface area is 361 Å². The van der Waals surface area contributed by atoms with Gasteiger partial charge in [-0.25, -0.2) is 0 Å². The van der Waals surface area contributed by atoms with E-state index in [1.807, 2.05) is 30.3 Å². The molecule has 0 aromatic heterocycles. The number of allylic oxidation sites excluding steroid dienone is 2. The number of ether oxygens (including phenoxy) is 4. The Bertz CT molecular complexity index is 2270. The number of Topliss-reactive ketones (excluding diaryl/α,β-unsaturated/α-hetero) is 1. The number of anilines is 1. The van der Waals surface area contributed by atoms with Crippen LogP contribution in [0.15, 0.2) is 71.6 Å². The Morgan fingerprint density at radius 3 is 2.29 bits per heavy atom. The highest BCUT2D eigenvalue weighted by atomic mass is 16.7. The number of aromatic hydroxyl groups is 3. The molecular weight excluding hydrogens is 801 g/mol. The minimum Gasteiger partial charge on any atom is -0.507 e. The Balaban J connectivity index is 1.64. The van der Waals surface area contributed by atoms with Crippen LogP contribution < -0.4 is 10.1 Å². The van der Waals surface area contributed by atoms with Crippen LogP contribution in [0.1, 0.15) is 81.9 Å². The highest BCUT2D eigenvalue weighted by Crippen LogP contribution is 2.55. The number of methoxy groups -OCH3 is 1. The van der Waals surface area contributed by atoms with Gasteiger partial charge in [0.15, 0.2) is 5.75 Å². The van der Waals surface area contributed by atoms with Crippen molar-refractivity contribution in [1.29, 1.82) is 0 Å². The van der Waals surface area contributed by atoms with Gasteiger partial charge in [-0.2, -0.15) is 0 Å². The Hall–Kier alpha value is -5.90. The summed E-state index contributed by atoms with van der Waals surface area (Å²) in [6.45, 7) is 12.6. The fourth-order valence-electron chi connectivity index (χ4n) is 8.00. The first-order valence-corrected chi connectivity index (χ1v) is 20.6. The molecule has 3 aliphatic rings. The fraction of sp³-hybridized carbons (Fsp3) is 0.447. The average molecular weight is 859 g/mol. The van der Waals surface area contributed by atoms with Crippen LogP contribution in [-0.2, 0) is 35.1 Å². The lowest BCUT2D eigenvalue weighted by molar-refractivity contribution is -0.160. The van der Waals surface area contributed by atoms with Gasteiger partial charge in [0.1, 0.15) is 30.0 Å². The molecule has 15 nitrogen and oxygen atoms in total. The van der Waals surface area contributed by atoms with Gasteiger partial charge in [-0.05, 0) is 38.3 Å². The summed E-state index contributed by atoms with van der Waals surface area (Å²) < 4.78 is 23.6. The van der Waals surface area contributed by atoms with Crippen molar-refractivity contribution in [3.63, 3.8) is 0 Å². The number of rotatable bonds is 8. The molecule has 3 aromatic rings. The number of hydrogen-bond acceptors (Lipinski definition) is 14. The Morgan fingerprint density at radius 1 is 0.935 bits per heavy atom. The van der Waals surface area contributed by atoms with Crippen LogP contribution in [0.4, 0.5) is 5.69 Å². The molecule has 0 fully saturated rings. The van der Waals surface area contributed by atoms with E-state index in [4.69, 9.17) is 23.8 Å². The summed E-state index contributed by atoms with van der Waals surface area (Å²) in [7, 11) is 1.43. The van der Waals surface area contributed by atoms with Crippen molar-refractivity contribution in [3.8, 4) is 23.0 Å². The number of hydrogen-bond donors (Lipinski definition) is 6. The molecule has 0 unspecified atom stereocenters. The van der Waals surface area contributed by atoms with E-state index < -0.39 is 88.8 Å². The first-order chi connectivity index (χ1) is 29.3. The third-order valence-corrected chi connectivity index (χ3v) is 11.8. The number of benzene rings is 3. The van der Waals surface area contributed by atoms with Crippen molar-refractivity contribution < 1.29 is 63.7 Å². The number of phenols is 3. The maximum Gasteiger partial charge on any atom is 0.312 e. The van der Waals surface area contributed by atoms with Gasteiger partial charge in [-0.15, -0.1) is 0 Å². The molecule has 6 N–H and O–H groups in total. The van der Waals surface area contributed by atoms with Gasteiger partial charge in [0.05, 0.1) is 53.0 Å². The third kappa shape index (κ3) is 9.75. The predicted molar refractivity (Wildman–Crippen MR) is 232 cm³/mol. The number of aliphatic hydroxyl groups excluding tert-OH is 2. The number of carbonyl (C=O) groups is 3. The summed E-state index contributed by atoms with van der Waals surface area (Å²) in [4.78, 5) is 46.0. The number of nitrogens with one attached hydrogen (secondary N) is 1. The van der Waals surface area contributed by atoms with Gasteiger partial charge in [0.25, 0.3) is 11.7 Å². The minimum absolute atomic E-state index is 0.0322. The number of carbonyl (C=O) groups excluding carboxylic acids is 3. The monoisotopic (exact) mass is 858 g/mol. The van der Waals surface area contributed by atoms with E-state index in [0.717, 1.165) is 11.8 Å². The molecule has 334 valence electrons. The average Bonchev–Trinajstić information content (AvgIpc) is 3.51. The summed E-state index contributed by atoms with van der Waals surface area (Å²) >= 11 is 0. The van der Waals surface area contributed by atoms with Gasteiger partial charge < -0.3 is 54.6 Å². The van der Waals surface area contributed by atoms with E-state index in [-0.39, 0.29) is 51.1 Å². The van der Waals surface area contributed by atoms with E-state index in [1.165, 1.54) is 53.2 Å². The molecular formula is C47H58N2O13. The number of nitrogens with zero attached hydrogens (tertiary/aromatic N) is 1. The molecule has 15 heteroatoms.